The first-order valence-corrected chi connectivity index (χ1v) is 14.9. The maximum atomic E-state index is 12.9. The number of carbonyl (C=O) groups excluding carboxylic acids is 2. The first-order valence-electron chi connectivity index (χ1n) is 14.9. The van der Waals surface area contributed by atoms with Crippen LogP contribution in [0.25, 0.3) is 18.2 Å². The zero-order chi connectivity index (χ0) is 31.3. The number of aromatic nitrogens is 2. The van der Waals surface area contributed by atoms with Crippen LogP contribution in [0.1, 0.15) is 73.2 Å². The predicted molar refractivity (Wildman–Crippen MR) is 165 cm³/mol. The molecule has 0 saturated carbocycles. The van der Waals surface area contributed by atoms with E-state index in [4.69, 9.17) is 0 Å². The molecule has 44 heavy (non-hydrogen) atoms. The lowest BCUT2D eigenvalue weighted by molar-refractivity contribution is -0.138. The van der Waals surface area contributed by atoms with Gasteiger partial charge in [0.2, 0.25) is 0 Å². The Balaban J connectivity index is 1.53. The molecule has 0 atom stereocenters. The number of carbonyl (C=O) groups is 4. The minimum Gasteiger partial charge on any atom is -0.481 e. The van der Waals surface area contributed by atoms with Crippen molar-refractivity contribution in [1.82, 2.24) is 14.9 Å². The van der Waals surface area contributed by atoms with Crippen molar-refractivity contribution in [3.05, 3.63) is 85.0 Å². The number of aliphatic imine (C=N–C) groups is 1. The quantitative estimate of drug-likeness (QED) is 0.350. The van der Waals surface area contributed by atoms with Crippen LogP contribution in [0.3, 0.4) is 0 Å². The summed E-state index contributed by atoms with van der Waals surface area (Å²) in [6.45, 7) is 8.10. The molecule has 2 aromatic heterocycles. The smallest absolute Gasteiger partial charge is 0.303 e. The molecule has 2 amide bonds. The van der Waals surface area contributed by atoms with Crippen molar-refractivity contribution in [3.8, 4) is 0 Å². The van der Waals surface area contributed by atoms with Crippen LogP contribution in [0.5, 0.6) is 0 Å². The summed E-state index contributed by atoms with van der Waals surface area (Å²) in [5.41, 5.74) is 9.78. The van der Waals surface area contributed by atoms with Gasteiger partial charge in [-0.3, -0.25) is 19.2 Å². The van der Waals surface area contributed by atoms with Gasteiger partial charge in [0, 0.05) is 58.2 Å². The van der Waals surface area contributed by atoms with E-state index in [0.29, 0.717) is 49.9 Å². The monoisotopic (exact) mass is 594 g/mol. The molecule has 0 bridgehead atoms. The highest BCUT2D eigenvalue weighted by Crippen LogP contribution is 2.36. The zero-order valence-corrected chi connectivity index (χ0v) is 24.8. The van der Waals surface area contributed by atoms with Crippen LogP contribution in [0.15, 0.2) is 45.6 Å². The number of carboxylic acids is 2. The molecule has 10 heteroatoms. The van der Waals surface area contributed by atoms with E-state index in [0.717, 1.165) is 66.8 Å². The second kappa shape index (κ2) is 11.3. The number of nitrogens with one attached hydrogen (secondary N) is 2. The molecule has 5 heterocycles. The van der Waals surface area contributed by atoms with E-state index >= 15 is 0 Å². The van der Waals surface area contributed by atoms with Crippen LogP contribution in [0, 0.1) is 0 Å². The Morgan fingerprint density at radius 2 is 1.75 bits per heavy atom. The van der Waals surface area contributed by atoms with Crippen LogP contribution in [-0.4, -0.2) is 61.1 Å². The third kappa shape index (κ3) is 4.90. The Labute approximate surface area is 253 Å². The minimum atomic E-state index is -0.910. The molecule has 1 aliphatic carbocycles. The molecule has 10 nitrogen and oxygen atoms in total. The van der Waals surface area contributed by atoms with Crippen molar-refractivity contribution >= 4 is 47.7 Å². The fourth-order valence-corrected chi connectivity index (χ4v) is 6.92. The molecular weight excluding hydrogens is 560 g/mol. The van der Waals surface area contributed by atoms with Crippen molar-refractivity contribution in [3.63, 3.8) is 0 Å². The van der Waals surface area contributed by atoms with Gasteiger partial charge in [-0.25, -0.2) is 4.99 Å². The van der Waals surface area contributed by atoms with Gasteiger partial charge in [-0.05, 0) is 91.5 Å². The first kappa shape index (κ1) is 29.1. The second-order valence-corrected chi connectivity index (χ2v) is 11.5. The number of hydrogen-bond donors (Lipinski definition) is 4. The highest BCUT2D eigenvalue weighted by molar-refractivity contribution is 6.31. The zero-order valence-electron chi connectivity index (χ0n) is 24.8. The number of aliphatic carboxylic acids is 2. The van der Waals surface area contributed by atoms with E-state index < -0.39 is 11.9 Å². The molecule has 0 spiro atoms. The second-order valence-electron chi connectivity index (χ2n) is 11.5. The lowest BCUT2D eigenvalue weighted by Crippen LogP contribution is -2.27. The number of nitrogens with zero attached hydrogens (tertiary/aromatic N) is 2. The molecule has 0 unspecified atom stereocenters. The van der Waals surface area contributed by atoms with E-state index in [1.54, 1.807) is 17.9 Å². The molecule has 3 aliphatic heterocycles. The van der Waals surface area contributed by atoms with Crippen molar-refractivity contribution in [1.29, 1.82) is 0 Å². The lowest BCUT2D eigenvalue weighted by atomic mass is 9.97. The number of amides is 2. The maximum absolute atomic E-state index is 12.9. The summed E-state index contributed by atoms with van der Waals surface area (Å²) in [7, 11) is 0. The third-order valence-electron chi connectivity index (χ3n) is 9.05. The van der Waals surface area contributed by atoms with Crippen LogP contribution < -0.4 is 10.7 Å². The number of H-pyrrole nitrogens is 2. The van der Waals surface area contributed by atoms with Crippen LogP contribution in [0.4, 0.5) is 0 Å². The summed E-state index contributed by atoms with van der Waals surface area (Å²) < 4.78 is 0. The number of rotatable bonds is 9. The Morgan fingerprint density at radius 3 is 2.43 bits per heavy atom. The standard InChI is InChI=1S/C34H34N4O6/c1-4-18-17(3)34(44)38-13-12-24-23(9-11-32(41)42)26(36-29(24)16-30(18)38)14-25-22(8-10-31(39)40)21-7-6-20-19(5-2)33(43)37-28(20)15-27(21)35-25/h4,14-16,35-36H,1,5-13H2,2-3H3,(H,39,40)(H,41,42)/b25-14+. The van der Waals surface area contributed by atoms with E-state index in [2.05, 4.69) is 21.5 Å². The van der Waals surface area contributed by atoms with E-state index in [9.17, 15) is 29.4 Å². The van der Waals surface area contributed by atoms with Crippen molar-refractivity contribution in [2.24, 2.45) is 4.99 Å². The Bertz CT molecular complexity index is 1930. The molecule has 4 N–H and O–H groups in total. The van der Waals surface area contributed by atoms with E-state index in [1.165, 1.54) is 0 Å². The minimum absolute atomic E-state index is 0.0491. The van der Waals surface area contributed by atoms with Crippen molar-refractivity contribution < 1.29 is 29.4 Å². The fraction of sp³-hybridized carbons (Fsp3) is 0.324. The van der Waals surface area contributed by atoms with Gasteiger partial charge < -0.3 is 25.1 Å². The highest BCUT2D eigenvalue weighted by Gasteiger charge is 2.34. The molecule has 4 aliphatic rings. The molecule has 0 aromatic carbocycles. The van der Waals surface area contributed by atoms with Crippen molar-refractivity contribution in [2.75, 3.05) is 6.54 Å². The Hall–Kier alpha value is -4.99. The normalized spacial score (nSPS) is 17.9. The number of aromatic amines is 2. The van der Waals surface area contributed by atoms with Gasteiger partial charge in [0.15, 0.2) is 0 Å². The van der Waals surface area contributed by atoms with E-state index in [1.807, 2.05) is 25.2 Å². The predicted octanol–water partition coefficient (Wildman–Crippen LogP) is 2.86. The van der Waals surface area contributed by atoms with Gasteiger partial charge in [-0.2, -0.15) is 0 Å². The van der Waals surface area contributed by atoms with Gasteiger partial charge in [0.1, 0.15) is 0 Å². The highest BCUT2D eigenvalue weighted by atomic mass is 16.4. The molecule has 0 radical (unpaired) electrons. The van der Waals surface area contributed by atoms with Crippen LogP contribution in [-0.2, 0) is 44.9 Å². The van der Waals surface area contributed by atoms with Gasteiger partial charge in [0.05, 0.1) is 11.4 Å². The average molecular weight is 595 g/mol. The van der Waals surface area contributed by atoms with Gasteiger partial charge in [-0.1, -0.05) is 19.6 Å². The third-order valence-corrected chi connectivity index (χ3v) is 9.05. The first-order chi connectivity index (χ1) is 21.1. The van der Waals surface area contributed by atoms with E-state index in [-0.39, 0.29) is 31.1 Å². The fourth-order valence-electron chi connectivity index (χ4n) is 6.92. The number of fused-ring (bicyclic) bond motifs is 4. The number of hydrogen-bond acceptors (Lipinski definition) is 4. The molecule has 0 fully saturated rings. The van der Waals surface area contributed by atoms with Crippen LogP contribution in [0.2, 0.25) is 0 Å². The Morgan fingerprint density at radius 1 is 1.02 bits per heavy atom. The largest absolute Gasteiger partial charge is 0.481 e. The summed E-state index contributed by atoms with van der Waals surface area (Å²) in [4.78, 5) is 61.7. The van der Waals surface area contributed by atoms with Gasteiger partial charge >= 0.3 is 11.9 Å². The van der Waals surface area contributed by atoms with Crippen LogP contribution >= 0.6 is 0 Å². The summed E-state index contributed by atoms with van der Waals surface area (Å²) >= 11 is 0. The number of carboxylic acid groups (broad SMARTS) is 2. The molecule has 226 valence electrons. The topological polar surface area (TPSA) is 156 Å². The molecular formula is C34H34N4O6. The molecule has 0 saturated heterocycles. The van der Waals surface area contributed by atoms with Crippen molar-refractivity contribution in [2.45, 2.75) is 65.2 Å². The SMILES string of the molecule is C=CC1=C(C)C(=O)N2CCc3c([nH]c(/C=c4/[nH]c5c(c4CCC(=O)O)CCC4=C(CC)C(=O)N=C4C=5)c3CCC(=O)O)C=C12. The maximum Gasteiger partial charge on any atom is 0.303 e. The van der Waals surface area contributed by atoms with Gasteiger partial charge in [-0.15, -0.1) is 0 Å². The summed E-state index contributed by atoms with van der Waals surface area (Å²) in [5, 5.41) is 20.6. The summed E-state index contributed by atoms with van der Waals surface area (Å²) in [5.74, 6) is -2.06. The average Bonchev–Trinajstić information content (AvgIpc) is 3.56. The molecule has 6 rings (SSSR count). The summed E-state index contributed by atoms with van der Waals surface area (Å²) in [6.07, 6.45) is 10.4. The van der Waals surface area contributed by atoms with Gasteiger partial charge in [0.25, 0.3) is 11.8 Å². The lowest BCUT2D eigenvalue weighted by Gasteiger charge is -2.17. The Kier molecular flexibility index (Phi) is 7.44. The number of allylic oxidation sites excluding steroid dienone is 2. The summed E-state index contributed by atoms with van der Waals surface area (Å²) in [6, 6.07) is 0. The molecule has 2 aromatic rings.